The Kier molecular flexibility index (Phi) is 3.35. The number of thiophene rings is 1. The lowest BCUT2D eigenvalue weighted by molar-refractivity contribution is -0.124. The van der Waals surface area contributed by atoms with Crippen LogP contribution in [0.1, 0.15) is 16.3 Å². The SMILES string of the molecule is Cn1ccnc1C1(CNC(=O)c2cc3sccc3[nH]2)NC(=O)NC1=O. The van der Waals surface area contributed by atoms with E-state index in [0.717, 1.165) is 10.2 Å². The van der Waals surface area contributed by atoms with Gasteiger partial charge in [-0.1, -0.05) is 0 Å². The second kappa shape index (κ2) is 5.45. The van der Waals surface area contributed by atoms with Gasteiger partial charge >= 0.3 is 6.03 Å². The number of hydrogen-bond acceptors (Lipinski definition) is 5. The molecule has 0 aliphatic carbocycles. The van der Waals surface area contributed by atoms with Gasteiger partial charge in [0.05, 0.1) is 16.8 Å². The molecular weight excluding hydrogens is 344 g/mol. The van der Waals surface area contributed by atoms with Gasteiger partial charge in [0.25, 0.3) is 11.8 Å². The number of aromatic amines is 1. The number of hydrogen-bond donors (Lipinski definition) is 4. The summed E-state index contributed by atoms with van der Waals surface area (Å²) in [5.74, 6) is -0.589. The molecule has 10 heteroatoms. The highest BCUT2D eigenvalue weighted by Crippen LogP contribution is 2.24. The molecule has 1 aliphatic heterocycles. The van der Waals surface area contributed by atoms with E-state index in [1.54, 1.807) is 23.9 Å². The molecule has 3 aromatic heterocycles. The first-order valence-electron chi connectivity index (χ1n) is 7.45. The van der Waals surface area contributed by atoms with Crippen molar-refractivity contribution in [1.82, 2.24) is 30.5 Å². The molecule has 4 rings (SSSR count). The summed E-state index contributed by atoms with van der Waals surface area (Å²) < 4.78 is 2.60. The molecule has 0 radical (unpaired) electrons. The summed E-state index contributed by atoms with van der Waals surface area (Å²) in [6.07, 6.45) is 3.19. The monoisotopic (exact) mass is 358 g/mol. The van der Waals surface area contributed by atoms with Gasteiger partial charge in [-0.15, -0.1) is 11.3 Å². The predicted octanol–water partition coefficient (Wildman–Crippen LogP) is 0.428. The van der Waals surface area contributed by atoms with Crippen LogP contribution in [0.25, 0.3) is 10.2 Å². The van der Waals surface area contributed by atoms with Gasteiger partial charge in [-0.25, -0.2) is 9.78 Å². The van der Waals surface area contributed by atoms with Crippen LogP contribution in [0.2, 0.25) is 0 Å². The van der Waals surface area contributed by atoms with Gasteiger partial charge in [-0.3, -0.25) is 14.9 Å². The fraction of sp³-hybridized carbons (Fsp3) is 0.200. The van der Waals surface area contributed by atoms with E-state index in [9.17, 15) is 14.4 Å². The number of rotatable bonds is 4. The van der Waals surface area contributed by atoms with Crippen LogP contribution in [0.3, 0.4) is 0 Å². The summed E-state index contributed by atoms with van der Waals surface area (Å²) in [5, 5.41) is 9.42. The first-order chi connectivity index (χ1) is 12.0. The Bertz CT molecular complexity index is 973. The predicted molar refractivity (Wildman–Crippen MR) is 90.1 cm³/mol. The Labute approximate surface area is 145 Å². The van der Waals surface area contributed by atoms with Crippen LogP contribution in [0.5, 0.6) is 0 Å². The Morgan fingerprint density at radius 1 is 1.44 bits per heavy atom. The third kappa shape index (κ3) is 2.38. The largest absolute Gasteiger partial charge is 0.350 e. The summed E-state index contributed by atoms with van der Waals surface area (Å²) in [7, 11) is 1.71. The highest BCUT2D eigenvalue weighted by atomic mass is 32.1. The van der Waals surface area contributed by atoms with E-state index in [1.165, 1.54) is 17.5 Å². The van der Waals surface area contributed by atoms with Crippen molar-refractivity contribution in [2.45, 2.75) is 5.54 Å². The van der Waals surface area contributed by atoms with Gasteiger partial charge < -0.3 is 20.2 Å². The van der Waals surface area contributed by atoms with Crippen LogP contribution in [-0.4, -0.2) is 38.9 Å². The smallest absolute Gasteiger partial charge is 0.322 e. The van der Waals surface area contributed by atoms with Gasteiger partial charge in [0.15, 0.2) is 5.54 Å². The highest BCUT2D eigenvalue weighted by molar-refractivity contribution is 7.17. The van der Waals surface area contributed by atoms with Crippen molar-refractivity contribution in [2.75, 3.05) is 6.54 Å². The summed E-state index contributed by atoms with van der Waals surface area (Å²) in [5.41, 5.74) is -0.183. The Balaban J connectivity index is 1.60. The van der Waals surface area contributed by atoms with Crippen LogP contribution in [0, 0.1) is 0 Å². The van der Waals surface area contributed by atoms with Crippen LogP contribution >= 0.6 is 11.3 Å². The van der Waals surface area contributed by atoms with Crippen LogP contribution in [0.4, 0.5) is 4.79 Å². The summed E-state index contributed by atoms with van der Waals surface area (Å²) in [6, 6.07) is 3.01. The normalized spacial score (nSPS) is 19.9. The minimum atomic E-state index is -1.45. The van der Waals surface area contributed by atoms with E-state index in [4.69, 9.17) is 0 Å². The molecule has 0 spiro atoms. The van der Waals surface area contributed by atoms with E-state index in [2.05, 4.69) is 25.9 Å². The number of nitrogens with zero attached hydrogens (tertiary/aromatic N) is 2. The highest BCUT2D eigenvalue weighted by Gasteiger charge is 2.50. The van der Waals surface area contributed by atoms with Gasteiger partial charge in [0.2, 0.25) is 0 Å². The third-order valence-electron chi connectivity index (χ3n) is 4.14. The number of carbonyl (C=O) groups excluding carboxylic acids is 3. The Morgan fingerprint density at radius 3 is 2.92 bits per heavy atom. The molecule has 1 aliphatic rings. The first-order valence-corrected chi connectivity index (χ1v) is 8.33. The first kappa shape index (κ1) is 15.4. The number of H-pyrrole nitrogens is 1. The molecule has 4 N–H and O–H groups in total. The summed E-state index contributed by atoms with van der Waals surface area (Å²) in [4.78, 5) is 43.7. The summed E-state index contributed by atoms with van der Waals surface area (Å²) >= 11 is 1.52. The third-order valence-corrected chi connectivity index (χ3v) is 5.01. The lowest BCUT2D eigenvalue weighted by Gasteiger charge is -2.25. The van der Waals surface area contributed by atoms with Gasteiger partial charge in [0, 0.05) is 19.4 Å². The number of imidazole rings is 1. The number of amides is 4. The van der Waals surface area contributed by atoms with Crippen molar-refractivity contribution < 1.29 is 14.4 Å². The van der Waals surface area contributed by atoms with Crippen LogP contribution in [-0.2, 0) is 17.4 Å². The molecule has 0 saturated carbocycles. The Hall–Kier alpha value is -3.14. The maximum absolute atomic E-state index is 12.4. The van der Waals surface area contributed by atoms with Crippen molar-refractivity contribution in [3.8, 4) is 0 Å². The van der Waals surface area contributed by atoms with E-state index >= 15 is 0 Å². The molecule has 3 aromatic rings. The zero-order chi connectivity index (χ0) is 17.6. The topological polar surface area (TPSA) is 121 Å². The number of urea groups is 1. The summed E-state index contributed by atoms with van der Waals surface area (Å²) in [6.45, 7) is -0.124. The van der Waals surface area contributed by atoms with Gasteiger partial charge in [-0.2, -0.15) is 0 Å². The molecule has 1 saturated heterocycles. The molecule has 0 aromatic carbocycles. The molecule has 0 bridgehead atoms. The maximum Gasteiger partial charge on any atom is 0.322 e. The van der Waals surface area contributed by atoms with Crippen molar-refractivity contribution in [3.63, 3.8) is 0 Å². The lowest BCUT2D eigenvalue weighted by Crippen LogP contribution is -2.54. The van der Waals surface area contributed by atoms with E-state index < -0.39 is 17.5 Å². The molecule has 1 atom stereocenters. The fourth-order valence-corrected chi connectivity index (χ4v) is 3.69. The van der Waals surface area contributed by atoms with E-state index in [1.807, 2.05) is 11.4 Å². The number of carbonyl (C=O) groups is 3. The molecule has 25 heavy (non-hydrogen) atoms. The van der Waals surface area contributed by atoms with Crippen LogP contribution in [0.15, 0.2) is 29.9 Å². The quantitative estimate of drug-likeness (QED) is 0.505. The number of imide groups is 1. The van der Waals surface area contributed by atoms with Gasteiger partial charge in [0.1, 0.15) is 11.5 Å². The number of nitrogens with one attached hydrogen (secondary N) is 4. The van der Waals surface area contributed by atoms with Crippen molar-refractivity contribution >= 4 is 39.4 Å². The molecule has 9 nitrogen and oxygen atoms in total. The van der Waals surface area contributed by atoms with Crippen molar-refractivity contribution in [1.29, 1.82) is 0 Å². The zero-order valence-electron chi connectivity index (χ0n) is 13.1. The minimum absolute atomic E-state index is 0.124. The zero-order valence-corrected chi connectivity index (χ0v) is 13.9. The molecule has 128 valence electrons. The molecule has 1 fully saturated rings. The number of aromatic nitrogens is 3. The van der Waals surface area contributed by atoms with Gasteiger partial charge in [-0.05, 0) is 17.5 Å². The van der Waals surface area contributed by atoms with Crippen LogP contribution < -0.4 is 16.0 Å². The van der Waals surface area contributed by atoms with E-state index in [0.29, 0.717) is 11.5 Å². The minimum Gasteiger partial charge on any atom is -0.350 e. The second-order valence-electron chi connectivity index (χ2n) is 5.74. The fourth-order valence-electron chi connectivity index (χ4n) is 2.91. The maximum atomic E-state index is 12.4. The second-order valence-corrected chi connectivity index (χ2v) is 6.69. The number of aryl methyl sites for hydroxylation is 1. The molecule has 4 heterocycles. The average Bonchev–Trinajstić information content (AvgIpc) is 3.29. The van der Waals surface area contributed by atoms with E-state index in [-0.39, 0.29) is 12.5 Å². The standard InChI is InChI=1S/C15H14N6O3S/c1-21-4-3-16-12(21)15(13(23)19-14(24)20-15)7-17-11(22)9-6-10-8(18-9)2-5-25-10/h2-6,18H,7H2,1H3,(H,17,22)(H2,19,20,23,24). The molecule has 1 unspecified atom stereocenters. The van der Waals surface area contributed by atoms with Crippen molar-refractivity contribution in [2.24, 2.45) is 7.05 Å². The van der Waals surface area contributed by atoms with Crippen molar-refractivity contribution in [3.05, 3.63) is 41.4 Å². The number of fused-ring (bicyclic) bond motifs is 1. The average molecular weight is 358 g/mol. The Morgan fingerprint density at radius 2 is 2.28 bits per heavy atom. The molecular formula is C15H14N6O3S. The molecule has 4 amide bonds. The lowest BCUT2D eigenvalue weighted by atomic mass is 9.98.